The molecular formula is C18H17ClF3N5. The number of anilines is 2. The number of hydrogen-bond acceptors (Lipinski definition) is 5. The third kappa shape index (κ3) is 4.08. The summed E-state index contributed by atoms with van der Waals surface area (Å²) in [6.45, 7) is 3.78. The van der Waals surface area contributed by atoms with Crippen molar-refractivity contribution in [1.82, 2.24) is 9.97 Å². The summed E-state index contributed by atoms with van der Waals surface area (Å²) in [5.41, 5.74) is -0.819. The Morgan fingerprint density at radius 3 is 2.78 bits per heavy atom. The zero-order valence-corrected chi connectivity index (χ0v) is 15.3. The Balaban J connectivity index is 1.85. The smallest absolute Gasteiger partial charge is 0.367 e. The van der Waals surface area contributed by atoms with Crippen LogP contribution >= 0.6 is 11.6 Å². The number of halogens is 4. The molecule has 0 spiro atoms. The molecule has 1 aliphatic rings. The summed E-state index contributed by atoms with van der Waals surface area (Å²) in [4.78, 5) is 12.0. The van der Waals surface area contributed by atoms with Crippen molar-refractivity contribution in [3.63, 3.8) is 0 Å². The Morgan fingerprint density at radius 1 is 1.37 bits per heavy atom. The van der Waals surface area contributed by atoms with Crippen LogP contribution < -0.4 is 9.80 Å². The van der Waals surface area contributed by atoms with Gasteiger partial charge in [0, 0.05) is 37.6 Å². The lowest BCUT2D eigenvalue weighted by Gasteiger charge is -2.31. The van der Waals surface area contributed by atoms with Crippen LogP contribution in [0, 0.1) is 11.3 Å². The zero-order chi connectivity index (χ0) is 19.6. The van der Waals surface area contributed by atoms with Crippen LogP contribution in [0.25, 0.3) is 0 Å². The van der Waals surface area contributed by atoms with Crippen molar-refractivity contribution in [1.29, 1.82) is 5.26 Å². The van der Waals surface area contributed by atoms with Gasteiger partial charge < -0.3 is 9.80 Å². The molecule has 5 nitrogen and oxygen atoms in total. The summed E-state index contributed by atoms with van der Waals surface area (Å²) in [6.07, 6.45) is -2.22. The van der Waals surface area contributed by atoms with Gasteiger partial charge in [-0.3, -0.25) is 0 Å². The van der Waals surface area contributed by atoms with Crippen LogP contribution in [-0.4, -0.2) is 35.6 Å². The minimum atomic E-state index is -4.57. The second-order valence-corrected chi connectivity index (χ2v) is 6.54. The molecule has 1 atom stereocenters. The van der Waals surface area contributed by atoms with Gasteiger partial charge in [-0.2, -0.15) is 18.4 Å². The standard InChI is InChI=1S/C18H17ClF3N5/c1-2-27(13-4-3-12(10-23)15(9-13)18(20,21)22)14-6-8-26(11-14)16-5-7-24-17(19)25-16/h3-5,7,9,14H,2,6,8,11H2,1H3. The third-order valence-corrected chi connectivity index (χ3v) is 4.82. The number of benzene rings is 1. The number of rotatable bonds is 4. The summed E-state index contributed by atoms with van der Waals surface area (Å²) >= 11 is 5.84. The van der Waals surface area contributed by atoms with E-state index in [1.807, 2.05) is 16.7 Å². The summed E-state index contributed by atoms with van der Waals surface area (Å²) in [5, 5.41) is 9.13. The van der Waals surface area contributed by atoms with E-state index in [4.69, 9.17) is 16.9 Å². The van der Waals surface area contributed by atoms with E-state index >= 15 is 0 Å². The Labute approximate surface area is 160 Å². The lowest BCUT2D eigenvalue weighted by molar-refractivity contribution is -0.137. The molecular weight excluding hydrogens is 379 g/mol. The van der Waals surface area contributed by atoms with E-state index in [0.717, 1.165) is 19.0 Å². The molecule has 0 radical (unpaired) electrons. The number of aromatic nitrogens is 2. The van der Waals surface area contributed by atoms with Crippen molar-refractivity contribution >= 4 is 23.1 Å². The summed E-state index contributed by atoms with van der Waals surface area (Å²) in [6, 6.07) is 7.27. The molecule has 1 unspecified atom stereocenters. The van der Waals surface area contributed by atoms with Gasteiger partial charge in [0.1, 0.15) is 5.82 Å². The molecule has 1 aromatic heterocycles. The van der Waals surface area contributed by atoms with Crippen LogP contribution in [0.1, 0.15) is 24.5 Å². The molecule has 3 rings (SSSR count). The van der Waals surface area contributed by atoms with E-state index in [2.05, 4.69) is 9.97 Å². The Hall–Kier alpha value is -2.53. The summed E-state index contributed by atoms with van der Waals surface area (Å²) in [7, 11) is 0. The van der Waals surface area contributed by atoms with Crippen molar-refractivity contribution in [2.75, 3.05) is 29.4 Å². The quantitative estimate of drug-likeness (QED) is 0.729. The molecule has 1 aromatic carbocycles. The van der Waals surface area contributed by atoms with Gasteiger partial charge in [0.2, 0.25) is 5.28 Å². The summed E-state index contributed by atoms with van der Waals surface area (Å²) in [5.74, 6) is 0.698. The SMILES string of the molecule is CCN(c1ccc(C#N)c(C(F)(F)F)c1)C1CCN(c2ccnc(Cl)n2)C1. The van der Waals surface area contributed by atoms with Crippen LogP contribution in [0.15, 0.2) is 30.5 Å². The molecule has 27 heavy (non-hydrogen) atoms. The third-order valence-electron chi connectivity index (χ3n) is 4.64. The Kier molecular flexibility index (Phi) is 5.42. The monoisotopic (exact) mass is 395 g/mol. The highest BCUT2D eigenvalue weighted by atomic mass is 35.5. The molecule has 9 heteroatoms. The number of nitrogens with zero attached hydrogens (tertiary/aromatic N) is 5. The van der Waals surface area contributed by atoms with Crippen LogP contribution in [0.2, 0.25) is 5.28 Å². The number of alkyl halides is 3. The maximum absolute atomic E-state index is 13.3. The lowest BCUT2D eigenvalue weighted by Crippen LogP contribution is -2.38. The number of nitriles is 1. The van der Waals surface area contributed by atoms with Crippen LogP contribution in [0.4, 0.5) is 24.7 Å². The zero-order valence-electron chi connectivity index (χ0n) is 14.5. The highest BCUT2D eigenvalue weighted by molar-refractivity contribution is 6.28. The van der Waals surface area contributed by atoms with E-state index in [0.29, 0.717) is 24.6 Å². The second kappa shape index (κ2) is 7.61. The van der Waals surface area contributed by atoms with E-state index in [9.17, 15) is 13.2 Å². The first-order valence-corrected chi connectivity index (χ1v) is 8.82. The van der Waals surface area contributed by atoms with Gasteiger partial charge in [-0.15, -0.1) is 0 Å². The fourth-order valence-electron chi connectivity index (χ4n) is 3.40. The molecule has 142 valence electrons. The van der Waals surface area contributed by atoms with Gasteiger partial charge in [-0.25, -0.2) is 9.97 Å². The molecule has 2 heterocycles. The predicted octanol–water partition coefficient (Wildman–Crippen LogP) is 4.13. The van der Waals surface area contributed by atoms with Gasteiger partial charge in [0.05, 0.1) is 17.2 Å². The molecule has 2 aromatic rings. The summed E-state index contributed by atoms with van der Waals surface area (Å²) < 4.78 is 39.8. The molecule has 0 aliphatic carbocycles. The van der Waals surface area contributed by atoms with Gasteiger partial charge in [-0.1, -0.05) is 0 Å². The maximum Gasteiger partial charge on any atom is 0.417 e. The average molecular weight is 396 g/mol. The lowest BCUT2D eigenvalue weighted by atomic mass is 10.1. The average Bonchev–Trinajstić information content (AvgIpc) is 3.11. The van der Waals surface area contributed by atoms with E-state index in [-0.39, 0.29) is 16.9 Å². The minimum absolute atomic E-state index is 0.0257. The van der Waals surface area contributed by atoms with Gasteiger partial charge in [0.25, 0.3) is 0 Å². The van der Waals surface area contributed by atoms with E-state index in [1.165, 1.54) is 6.07 Å². The number of hydrogen-bond donors (Lipinski definition) is 0. The largest absolute Gasteiger partial charge is 0.417 e. The van der Waals surface area contributed by atoms with Crippen LogP contribution in [0.5, 0.6) is 0 Å². The fourth-order valence-corrected chi connectivity index (χ4v) is 3.54. The topological polar surface area (TPSA) is 56.1 Å². The molecule has 1 aliphatic heterocycles. The Bertz CT molecular complexity index is 865. The normalized spacial score (nSPS) is 17.0. The minimum Gasteiger partial charge on any atom is -0.367 e. The second-order valence-electron chi connectivity index (χ2n) is 6.20. The first kappa shape index (κ1) is 19.2. The Morgan fingerprint density at radius 2 is 2.15 bits per heavy atom. The highest BCUT2D eigenvalue weighted by Crippen LogP contribution is 2.35. The van der Waals surface area contributed by atoms with Gasteiger partial charge >= 0.3 is 6.18 Å². The van der Waals surface area contributed by atoms with Crippen molar-refractivity contribution in [3.05, 3.63) is 46.9 Å². The van der Waals surface area contributed by atoms with Crippen LogP contribution in [0.3, 0.4) is 0 Å². The fraction of sp³-hybridized carbons (Fsp3) is 0.389. The highest BCUT2D eigenvalue weighted by Gasteiger charge is 2.35. The molecule has 0 N–H and O–H groups in total. The van der Waals surface area contributed by atoms with Crippen molar-refractivity contribution in [2.24, 2.45) is 0 Å². The molecule has 1 saturated heterocycles. The molecule has 0 amide bonds. The van der Waals surface area contributed by atoms with Crippen molar-refractivity contribution in [3.8, 4) is 6.07 Å². The maximum atomic E-state index is 13.3. The molecule has 1 fully saturated rings. The van der Waals surface area contributed by atoms with Crippen molar-refractivity contribution < 1.29 is 13.2 Å². The first-order chi connectivity index (χ1) is 12.8. The van der Waals surface area contributed by atoms with Gasteiger partial charge in [0.15, 0.2) is 0 Å². The van der Waals surface area contributed by atoms with Crippen molar-refractivity contribution in [2.45, 2.75) is 25.6 Å². The first-order valence-electron chi connectivity index (χ1n) is 8.45. The predicted molar refractivity (Wildman–Crippen MR) is 96.8 cm³/mol. The van der Waals surface area contributed by atoms with Crippen LogP contribution in [-0.2, 0) is 6.18 Å². The van der Waals surface area contributed by atoms with E-state index < -0.39 is 11.7 Å². The molecule has 0 saturated carbocycles. The van der Waals surface area contributed by atoms with E-state index in [1.54, 1.807) is 24.4 Å². The number of likely N-dealkylation sites (N-methyl/N-ethyl adjacent to an activating group) is 1. The van der Waals surface area contributed by atoms with Gasteiger partial charge in [-0.05, 0) is 49.2 Å². The molecule has 0 bridgehead atoms.